The maximum absolute atomic E-state index is 12.9. The van der Waals surface area contributed by atoms with E-state index in [0.717, 1.165) is 41.5 Å². The van der Waals surface area contributed by atoms with Crippen molar-refractivity contribution in [3.63, 3.8) is 0 Å². The van der Waals surface area contributed by atoms with Gasteiger partial charge in [0, 0.05) is 50.7 Å². The number of benzene rings is 1. The molecule has 4 aromatic rings. The molecule has 3 aromatic heterocycles. The molecule has 0 saturated carbocycles. The Morgan fingerprint density at radius 1 is 1.03 bits per heavy atom. The summed E-state index contributed by atoms with van der Waals surface area (Å²) < 4.78 is 1.95. The quantitative estimate of drug-likeness (QED) is 0.483. The number of rotatable bonds is 4. The zero-order valence-electron chi connectivity index (χ0n) is 16.2. The van der Waals surface area contributed by atoms with E-state index >= 15 is 0 Å². The van der Waals surface area contributed by atoms with E-state index in [1.54, 1.807) is 6.20 Å². The number of nitrogens with zero attached hydrogens (tertiary/aromatic N) is 5. The second-order valence-corrected chi connectivity index (χ2v) is 8.78. The van der Waals surface area contributed by atoms with Gasteiger partial charge < -0.3 is 9.30 Å². The van der Waals surface area contributed by atoms with Crippen molar-refractivity contribution in [2.75, 3.05) is 26.2 Å². The smallest absolute Gasteiger partial charge is 0.265 e. The molecule has 0 radical (unpaired) electrons. The average Bonchev–Trinajstić information content (AvgIpc) is 3.41. The largest absolute Gasteiger partial charge is 0.335 e. The molecular weight excluding hydrogens is 418 g/mol. The number of piperazine rings is 1. The molecule has 1 aliphatic rings. The molecule has 1 fully saturated rings. The number of imidazole rings is 1. The standard InChI is InChI=1S/C22H20ClN5OS/c23-17-6-7-20-25-18(15-28(20)13-17)14-26-8-10-27(11-9-26)22(29)19-12-24-21(30-19)16-4-2-1-3-5-16/h1-7,12-13,15H,8-11,14H2. The van der Waals surface area contributed by atoms with Crippen molar-refractivity contribution < 1.29 is 4.79 Å². The molecule has 1 aliphatic heterocycles. The summed E-state index contributed by atoms with van der Waals surface area (Å²) in [6.07, 6.45) is 5.58. The second kappa shape index (κ2) is 8.18. The molecule has 1 aromatic carbocycles. The summed E-state index contributed by atoms with van der Waals surface area (Å²) in [7, 11) is 0. The highest BCUT2D eigenvalue weighted by atomic mass is 35.5. The van der Waals surface area contributed by atoms with Crippen LogP contribution in [0.3, 0.4) is 0 Å². The van der Waals surface area contributed by atoms with E-state index in [2.05, 4.69) is 14.9 Å². The van der Waals surface area contributed by atoms with Crippen LogP contribution in [0.2, 0.25) is 5.02 Å². The molecule has 152 valence electrons. The van der Waals surface area contributed by atoms with Crippen LogP contribution < -0.4 is 0 Å². The first kappa shape index (κ1) is 19.2. The van der Waals surface area contributed by atoms with Crippen molar-refractivity contribution in [3.8, 4) is 10.6 Å². The fourth-order valence-corrected chi connectivity index (χ4v) is 4.73. The SMILES string of the molecule is O=C(c1cnc(-c2ccccc2)s1)N1CCN(Cc2cn3cc(Cl)ccc3n2)CC1. The molecule has 5 rings (SSSR count). The lowest BCUT2D eigenvalue weighted by atomic mass is 10.2. The molecule has 0 atom stereocenters. The van der Waals surface area contributed by atoms with Crippen molar-refractivity contribution in [2.24, 2.45) is 0 Å². The normalized spacial score (nSPS) is 15.0. The predicted octanol–water partition coefficient (Wildman–Crippen LogP) is 4.07. The molecule has 0 bridgehead atoms. The molecule has 8 heteroatoms. The highest BCUT2D eigenvalue weighted by Crippen LogP contribution is 2.26. The van der Waals surface area contributed by atoms with E-state index in [1.807, 2.05) is 64.2 Å². The molecule has 1 saturated heterocycles. The molecule has 0 unspecified atom stereocenters. The van der Waals surface area contributed by atoms with Gasteiger partial charge in [-0.05, 0) is 12.1 Å². The third-order valence-electron chi connectivity index (χ3n) is 5.25. The Balaban J connectivity index is 1.20. The molecular formula is C22H20ClN5OS. The van der Waals surface area contributed by atoms with E-state index < -0.39 is 0 Å². The lowest BCUT2D eigenvalue weighted by Crippen LogP contribution is -2.48. The van der Waals surface area contributed by atoms with E-state index in [4.69, 9.17) is 11.6 Å². The highest BCUT2D eigenvalue weighted by molar-refractivity contribution is 7.16. The highest BCUT2D eigenvalue weighted by Gasteiger charge is 2.24. The Morgan fingerprint density at radius 2 is 1.83 bits per heavy atom. The summed E-state index contributed by atoms with van der Waals surface area (Å²) in [4.78, 5) is 26.9. The molecule has 1 amide bonds. The van der Waals surface area contributed by atoms with E-state index in [0.29, 0.717) is 23.0 Å². The Bertz CT molecular complexity index is 1180. The van der Waals surface area contributed by atoms with Crippen LogP contribution in [0.5, 0.6) is 0 Å². The predicted molar refractivity (Wildman–Crippen MR) is 119 cm³/mol. The van der Waals surface area contributed by atoms with E-state index in [9.17, 15) is 4.79 Å². The number of halogens is 1. The van der Waals surface area contributed by atoms with Crippen LogP contribution in [0.1, 0.15) is 15.4 Å². The van der Waals surface area contributed by atoms with Gasteiger partial charge in [-0.3, -0.25) is 9.69 Å². The summed E-state index contributed by atoms with van der Waals surface area (Å²) in [5, 5.41) is 1.57. The van der Waals surface area contributed by atoms with Gasteiger partial charge in [0.15, 0.2) is 0 Å². The van der Waals surface area contributed by atoms with Crippen molar-refractivity contribution in [1.82, 2.24) is 24.2 Å². The number of amides is 1. The van der Waals surface area contributed by atoms with Crippen LogP contribution in [0.25, 0.3) is 16.2 Å². The van der Waals surface area contributed by atoms with Crippen molar-refractivity contribution >= 4 is 34.5 Å². The maximum atomic E-state index is 12.9. The van der Waals surface area contributed by atoms with Gasteiger partial charge in [-0.2, -0.15) is 0 Å². The van der Waals surface area contributed by atoms with Crippen LogP contribution in [-0.4, -0.2) is 56.3 Å². The number of carbonyl (C=O) groups is 1. The zero-order valence-corrected chi connectivity index (χ0v) is 17.8. The third kappa shape index (κ3) is 3.96. The molecule has 0 N–H and O–H groups in total. The van der Waals surface area contributed by atoms with E-state index in [-0.39, 0.29) is 5.91 Å². The van der Waals surface area contributed by atoms with Crippen molar-refractivity contribution in [1.29, 1.82) is 0 Å². The van der Waals surface area contributed by atoms with Crippen LogP contribution in [-0.2, 0) is 6.54 Å². The zero-order chi connectivity index (χ0) is 20.5. The van der Waals surface area contributed by atoms with Crippen LogP contribution >= 0.6 is 22.9 Å². The van der Waals surface area contributed by atoms with Crippen LogP contribution in [0, 0.1) is 0 Å². The first-order valence-electron chi connectivity index (χ1n) is 9.82. The number of hydrogen-bond donors (Lipinski definition) is 0. The summed E-state index contributed by atoms with van der Waals surface area (Å²) in [5.74, 6) is 0.0664. The second-order valence-electron chi connectivity index (χ2n) is 7.31. The fraction of sp³-hybridized carbons (Fsp3) is 0.227. The maximum Gasteiger partial charge on any atom is 0.265 e. The lowest BCUT2D eigenvalue weighted by Gasteiger charge is -2.34. The molecule has 4 heterocycles. The molecule has 30 heavy (non-hydrogen) atoms. The fourth-order valence-electron chi connectivity index (χ4n) is 3.67. The molecule has 0 spiro atoms. The first-order valence-corrected chi connectivity index (χ1v) is 11.0. The Morgan fingerprint density at radius 3 is 2.63 bits per heavy atom. The lowest BCUT2D eigenvalue weighted by molar-refractivity contribution is 0.0631. The minimum Gasteiger partial charge on any atom is -0.335 e. The van der Waals surface area contributed by atoms with Gasteiger partial charge in [-0.1, -0.05) is 41.9 Å². The summed E-state index contributed by atoms with van der Waals surface area (Å²) in [6, 6.07) is 13.7. The van der Waals surface area contributed by atoms with Gasteiger partial charge >= 0.3 is 0 Å². The summed E-state index contributed by atoms with van der Waals surface area (Å²) >= 11 is 7.51. The Hall–Kier alpha value is -2.74. The molecule has 6 nitrogen and oxygen atoms in total. The number of fused-ring (bicyclic) bond motifs is 1. The van der Waals surface area contributed by atoms with Gasteiger partial charge in [0.1, 0.15) is 15.5 Å². The number of pyridine rings is 1. The average molecular weight is 438 g/mol. The minimum atomic E-state index is 0.0664. The van der Waals surface area contributed by atoms with Crippen LogP contribution in [0.4, 0.5) is 0 Å². The first-order chi connectivity index (χ1) is 14.7. The number of aromatic nitrogens is 3. The van der Waals surface area contributed by atoms with Crippen LogP contribution in [0.15, 0.2) is 61.1 Å². The summed E-state index contributed by atoms with van der Waals surface area (Å²) in [6.45, 7) is 3.82. The number of thiazole rings is 1. The summed E-state index contributed by atoms with van der Waals surface area (Å²) in [5.41, 5.74) is 2.94. The monoisotopic (exact) mass is 437 g/mol. The van der Waals surface area contributed by atoms with Gasteiger partial charge in [0.2, 0.25) is 0 Å². The van der Waals surface area contributed by atoms with Gasteiger partial charge in [0.05, 0.1) is 16.9 Å². The Labute approximate surface area is 183 Å². The van der Waals surface area contributed by atoms with Gasteiger partial charge in [-0.25, -0.2) is 9.97 Å². The topological polar surface area (TPSA) is 53.7 Å². The number of carbonyl (C=O) groups excluding carboxylic acids is 1. The van der Waals surface area contributed by atoms with Gasteiger partial charge in [0.25, 0.3) is 5.91 Å². The Kier molecular flexibility index (Phi) is 5.25. The van der Waals surface area contributed by atoms with Gasteiger partial charge in [-0.15, -0.1) is 11.3 Å². The van der Waals surface area contributed by atoms with Crippen molar-refractivity contribution in [2.45, 2.75) is 6.54 Å². The van der Waals surface area contributed by atoms with E-state index in [1.165, 1.54) is 11.3 Å². The van der Waals surface area contributed by atoms with Crippen molar-refractivity contribution in [3.05, 3.63) is 76.6 Å². The third-order valence-corrected chi connectivity index (χ3v) is 6.51. The number of hydrogen-bond acceptors (Lipinski definition) is 5. The minimum absolute atomic E-state index is 0.0664. The molecule has 0 aliphatic carbocycles.